The SMILES string of the molecule is CCCCCCCCC(CCCCCC)Cc1cc(-c2c(F)c(F)c(-c3cc(CC(CCCCCC)CCCCCCCC)c(-c4ccc(C)s4)s3)c3nsnc23)sc1C. The minimum Gasteiger partial charge on any atom is -0.203 e. The molecule has 0 fully saturated rings. The average Bonchev–Trinajstić information content (AvgIpc) is 4.06. The molecule has 0 N–H and O–H groups in total. The van der Waals surface area contributed by atoms with E-state index in [0.717, 1.165) is 34.3 Å². The molecule has 0 aliphatic heterocycles. The molecule has 60 heavy (non-hydrogen) atoms. The van der Waals surface area contributed by atoms with Crippen LogP contribution in [0, 0.1) is 37.3 Å². The molecule has 4 aromatic heterocycles. The van der Waals surface area contributed by atoms with Crippen LogP contribution >= 0.6 is 45.7 Å². The maximum absolute atomic E-state index is 16.9. The molecule has 0 saturated heterocycles. The van der Waals surface area contributed by atoms with Gasteiger partial charge in [0.15, 0.2) is 11.6 Å². The van der Waals surface area contributed by atoms with Gasteiger partial charge in [-0.05, 0) is 73.9 Å². The lowest BCUT2D eigenvalue weighted by Gasteiger charge is -2.17. The highest BCUT2D eigenvalue weighted by atomic mass is 32.1. The lowest BCUT2D eigenvalue weighted by atomic mass is 9.88. The number of nitrogens with zero attached hydrogens (tertiary/aromatic N) is 2. The van der Waals surface area contributed by atoms with E-state index in [1.807, 2.05) is 0 Å². The summed E-state index contributed by atoms with van der Waals surface area (Å²) in [5.41, 5.74) is 4.10. The number of hydrogen-bond donors (Lipinski definition) is 0. The molecule has 1 aromatic carbocycles. The van der Waals surface area contributed by atoms with Crippen LogP contribution in [0.2, 0.25) is 0 Å². The Morgan fingerprint density at radius 2 is 0.900 bits per heavy atom. The van der Waals surface area contributed by atoms with E-state index in [-0.39, 0.29) is 11.1 Å². The number of unbranched alkanes of at least 4 members (excludes halogenated alkanes) is 16. The van der Waals surface area contributed by atoms with Crippen molar-refractivity contribution < 1.29 is 8.78 Å². The van der Waals surface area contributed by atoms with Crippen molar-refractivity contribution in [3.63, 3.8) is 0 Å². The maximum atomic E-state index is 16.9. The molecule has 0 aliphatic carbocycles. The minimum absolute atomic E-state index is 0.278. The van der Waals surface area contributed by atoms with Gasteiger partial charge in [0.05, 0.1) is 22.9 Å². The van der Waals surface area contributed by atoms with Gasteiger partial charge < -0.3 is 0 Å². The highest BCUT2D eigenvalue weighted by Gasteiger charge is 2.29. The fraction of sp³-hybridized carbons (Fsp3) is 0.654. The third-order valence-corrected chi connectivity index (χ3v) is 16.8. The van der Waals surface area contributed by atoms with Gasteiger partial charge in [-0.2, -0.15) is 8.75 Å². The summed E-state index contributed by atoms with van der Waals surface area (Å²) in [7, 11) is 0. The molecule has 0 bridgehead atoms. The van der Waals surface area contributed by atoms with Gasteiger partial charge in [0, 0.05) is 29.3 Å². The van der Waals surface area contributed by atoms with Gasteiger partial charge in [-0.25, -0.2) is 8.78 Å². The van der Waals surface area contributed by atoms with Gasteiger partial charge in [0.2, 0.25) is 0 Å². The molecule has 2 nitrogen and oxygen atoms in total. The molecule has 5 aromatic rings. The first-order valence-electron chi connectivity index (χ1n) is 24.2. The van der Waals surface area contributed by atoms with Gasteiger partial charge >= 0.3 is 0 Å². The Morgan fingerprint density at radius 3 is 1.37 bits per heavy atom. The Hall–Kier alpha value is -2.00. The van der Waals surface area contributed by atoms with Crippen LogP contribution in [0.5, 0.6) is 0 Å². The van der Waals surface area contributed by atoms with E-state index in [0.29, 0.717) is 22.9 Å². The molecule has 0 radical (unpaired) electrons. The van der Waals surface area contributed by atoms with Crippen LogP contribution in [0.3, 0.4) is 0 Å². The standard InChI is InChI=1S/C52H76F2N2S4/c1-7-11-15-19-21-25-29-39(27-23-17-13-9-3)33-41-35-44(58-38(41)6)46-48(53)49(54)47(51-50(46)55-60-56-51)45-36-42(52(59-45)43-32-31-37(5)57-43)34-40(28-24-18-14-10-4)30-26-22-20-16-12-8-2/h31-32,35-36,39-40H,7-30,33-34H2,1-6H3. The van der Waals surface area contributed by atoms with Crippen LogP contribution in [0.25, 0.3) is 41.7 Å². The quantitative estimate of drug-likeness (QED) is 0.0414. The molecule has 8 heteroatoms. The van der Waals surface area contributed by atoms with Gasteiger partial charge in [-0.1, -0.05) is 182 Å². The molecule has 332 valence electrons. The number of rotatable bonds is 31. The molecule has 4 heterocycles. The van der Waals surface area contributed by atoms with Crippen LogP contribution in [0.15, 0.2) is 24.3 Å². The highest BCUT2D eigenvalue weighted by molar-refractivity contribution is 7.24. The Labute approximate surface area is 379 Å². The lowest BCUT2D eigenvalue weighted by molar-refractivity contribution is 0.402. The van der Waals surface area contributed by atoms with Crippen LogP contribution < -0.4 is 0 Å². The van der Waals surface area contributed by atoms with Crippen molar-refractivity contribution >= 4 is 56.8 Å². The fourth-order valence-electron chi connectivity index (χ4n) is 9.17. The Kier molecular flexibility index (Phi) is 21.7. The van der Waals surface area contributed by atoms with Crippen molar-refractivity contribution in [2.75, 3.05) is 0 Å². The van der Waals surface area contributed by atoms with Crippen molar-refractivity contribution in [1.29, 1.82) is 0 Å². The summed E-state index contributed by atoms with van der Waals surface area (Å²) in [6.45, 7) is 13.4. The van der Waals surface area contributed by atoms with Gasteiger partial charge in [0.1, 0.15) is 11.0 Å². The fourth-order valence-corrected chi connectivity index (χ4v) is 13.1. The van der Waals surface area contributed by atoms with Crippen molar-refractivity contribution in [3.05, 3.63) is 56.8 Å². The highest BCUT2D eigenvalue weighted by Crippen LogP contribution is 2.48. The number of fused-ring (bicyclic) bond motifs is 1. The number of halogens is 2. The summed E-state index contributed by atoms with van der Waals surface area (Å²) in [4.78, 5) is 6.42. The first-order valence-corrected chi connectivity index (χ1v) is 27.4. The molecule has 5 rings (SSSR count). The number of thiophene rings is 3. The van der Waals surface area contributed by atoms with E-state index in [1.165, 1.54) is 185 Å². The lowest BCUT2D eigenvalue weighted by Crippen LogP contribution is -2.05. The van der Waals surface area contributed by atoms with Crippen molar-refractivity contribution in [2.24, 2.45) is 11.8 Å². The number of aryl methyl sites for hydroxylation is 2. The second-order valence-electron chi connectivity index (χ2n) is 17.9. The molecule has 2 unspecified atom stereocenters. The monoisotopic (exact) mass is 894 g/mol. The second kappa shape index (κ2) is 26.6. The van der Waals surface area contributed by atoms with Crippen molar-refractivity contribution in [1.82, 2.24) is 8.75 Å². The molecule has 0 amide bonds. The van der Waals surface area contributed by atoms with Gasteiger partial charge in [-0.3, -0.25) is 0 Å². The van der Waals surface area contributed by atoms with Crippen molar-refractivity contribution in [3.8, 4) is 30.6 Å². The second-order valence-corrected chi connectivity index (χ2v) is 22.0. The van der Waals surface area contributed by atoms with E-state index in [9.17, 15) is 0 Å². The Bertz CT molecular complexity index is 1970. The predicted molar refractivity (Wildman–Crippen MR) is 265 cm³/mol. The number of benzene rings is 1. The van der Waals surface area contributed by atoms with E-state index in [1.54, 1.807) is 34.0 Å². The maximum Gasteiger partial charge on any atom is 0.170 e. The normalized spacial score (nSPS) is 12.9. The minimum atomic E-state index is -0.792. The molecule has 0 spiro atoms. The Balaban J connectivity index is 1.44. The summed E-state index contributed by atoms with van der Waals surface area (Å²) in [6, 6.07) is 8.73. The number of aromatic nitrogens is 2. The predicted octanol–water partition coefficient (Wildman–Crippen LogP) is 19.5. The third-order valence-electron chi connectivity index (χ3n) is 12.8. The first-order chi connectivity index (χ1) is 29.3. The summed E-state index contributed by atoms with van der Waals surface area (Å²) in [5.74, 6) is -0.380. The first kappa shape index (κ1) is 49.0. The third kappa shape index (κ3) is 14.3. The van der Waals surface area contributed by atoms with E-state index < -0.39 is 11.6 Å². The largest absolute Gasteiger partial charge is 0.203 e. The summed E-state index contributed by atoms with van der Waals surface area (Å²) in [6.07, 6.45) is 32.8. The molecular formula is C52H76F2N2S4. The molecule has 2 atom stereocenters. The van der Waals surface area contributed by atoms with E-state index >= 15 is 8.78 Å². The van der Waals surface area contributed by atoms with E-state index in [2.05, 4.69) is 65.8 Å². The molecule has 0 aliphatic rings. The molecular weight excluding hydrogens is 819 g/mol. The zero-order valence-electron chi connectivity index (χ0n) is 38.1. The molecule has 0 saturated carbocycles. The van der Waals surface area contributed by atoms with Gasteiger partial charge in [-0.15, -0.1) is 34.0 Å². The van der Waals surface area contributed by atoms with Crippen molar-refractivity contribution in [2.45, 2.75) is 208 Å². The van der Waals surface area contributed by atoms with Crippen LogP contribution in [-0.2, 0) is 12.8 Å². The Morgan fingerprint density at radius 1 is 0.483 bits per heavy atom. The smallest absolute Gasteiger partial charge is 0.170 e. The summed E-state index contributed by atoms with van der Waals surface area (Å²) < 4.78 is 43.2. The summed E-state index contributed by atoms with van der Waals surface area (Å²) in [5, 5.41) is 0. The zero-order valence-corrected chi connectivity index (χ0v) is 41.4. The average molecular weight is 895 g/mol. The van der Waals surface area contributed by atoms with Crippen LogP contribution in [0.1, 0.15) is 203 Å². The topological polar surface area (TPSA) is 25.8 Å². The zero-order chi connectivity index (χ0) is 42.7. The van der Waals surface area contributed by atoms with E-state index in [4.69, 9.17) is 8.75 Å². The summed E-state index contributed by atoms with van der Waals surface area (Å²) >= 11 is 6.06. The number of hydrogen-bond acceptors (Lipinski definition) is 6. The van der Waals surface area contributed by atoms with Crippen LogP contribution in [-0.4, -0.2) is 8.75 Å². The van der Waals surface area contributed by atoms with Gasteiger partial charge in [0.25, 0.3) is 0 Å². The van der Waals surface area contributed by atoms with Crippen LogP contribution in [0.4, 0.5) is 8.78 Å².